The van der Waals surface area contributed by atoms with Gasteiger partial charge in [0.05, 0.1) is 22.9 Å². The number of benzene rings is 1. The van der Waals surface area contributed by atoms with E-state index in [1.165, 1.54) is 18.2 Å². The van der Waals surface area contributed by atoms with Crippen LogP contribution in [0.15, 0.2) is 41.3 Å². The first kappa shape index (κ1) is 32.5. The zero-order chi connectivity index (χ0) is 33.9. The van der Waals surface area contributed by atoms with Gasteiger partial charge in [-0.3, -0.25) is 24.5 Å². The molecule has 3 N–H and O–H groups in total. The lowest BCUT2D eigenvalue weighted by atomic mass is 9.36. The van der Waals surface area contributed by atoms with Crippen LogP contribution in [0.4, 0.5) is 5.69 Å². The number of carbonyl (C=O) groups excluding carboxylic acids is 3. The average molecular weight is 673 g/mol. The van der Waals surface area contributed by atoms with Gasteiger partial charge in [-0.25, -0.2) is 13.1 Å². The Morgan fingerprint density at radius 1 is 1.13 bits per heavy atom. The van der Waals surface area contributed by atoms with Gasteiger partial charge in [0.25, 0.3) is 5.69 Å². The lowest BCUT2D eigenvalue weighted by molar-refractivity contribution is -0.437. The number of ketones is 2. The number of aliphatic hydroxyl groups is 2. The van der Waals surface area contributed by atoms with E-state index in [9.17, 15) is 43.1 Å². The standard InChI is InChI=1S/C33H40N2O11S/c1-17-20-12-13-23-31-16-45-33(40,27(38)25(31)30(2,3)15-14-24(31)36)32(23,26(17)37)28(20)46-29(39)18-8-10-19(11-9-18)34-47(43,44)22-7-5-4-6-21(22)35(41)42/h4-7,18-20,23,25,27-28,34,38,40H,1,8-16H2,2-3H3/t18?,19?,20-,23-,25+,27-,28+,31+,32-,33-/m0/s1. The van der Waals surface area contributed by atoms with Crippen LogP contribution >= 0.6 is 0 Å². The molecular formula is C33H40N2O11S. The Labute approximate surface area is 272 Å². The molecule has 1 aromatic rings. The van der Waals surface area contributed by atoms with Gasteiger partial charge in [0.15, 0.2) is 10.7 Å². The van der Waals surface area contributed by atoms with Crippen molar-refractivity contribution in [2.45, 2.75) is 94.1 Å². The summed E-state index contributed by atoms with van der Waals surface area (Å²) in [5, 5.41) is 35.6. The third kappa shape index (κ3) is 4.14. The number of para-hydroxylation sites is 1. The van der Waals surface area contributed by atoms with Gasteiger partial charge in [0.2, 0.25) is 15.8 Å². The number of rotatable bonds is 6. The van der Waals surface area contributed by atoms with Crippen LogP contribution in [0.1, 0.15) is 65.2 Å². The van der Waals surface area contributed by atoms with Crippen molar-refractivity contribution in [2.24, 2.45) is 39.9 Å². The van der Waals surface area contributed by atoms with E-state index >= 15 is 0 Å². The molecular weight excluding hydrogens is 632 g/mol. The number of carbonyl (C=O) groups is 3. The smallest absolute Gasteiger partial charge is 0.309 e. The summed E-state index contributed by atoms with van der Waals surface area (Å²) in [6, 6.07) is 4.49. The van der Waals surface area contributed by atoms with Crippen LogP contribution in [0.3, 0.4) is 0 Å². The third-order valence-corrected chi connectivity index (χ3v) is 14.2. The number of Topliss-reactive ketones (excluding diaryl/α,β-unsaturated/α-hetero) is 2. The fourth-order valence-corrected chi connectivity index (χ4v) is 12.0. The fraction of sp³-hybridized carbons (Fsp3) is 0.667. The van der Waals surface area contributed by atoms with Gasteiger partial charge < -0.3 is 19.7 Å². The summed E-state index contributed by atoms with van der Waals surface area (Å²) in [4.78, 5) is 52.2. The Balaban J connectivity index is 1.13. The van der Waals surface area contributed by atoms with Crippen LogP contribution in [0, 0.1) is 50.0 Å². The summed E-state index contributed by atoms with van der Waals surface area (Å²) >= 11 is 0. The maximum Gasteiger partial charge on any atom is 0.309 e. The molecule has 7 aliphatic rings. The highest BCUT2D eigenvalue weighted by atomic mass is 32.2. The molecule has 0 unspecified atom stereocenters. The predicted octanol–water partition coefficient (Wildman–Crippen LogP) is 2.58. The number of nitrogens with zero attached hydrogens (tertiary/aromatic N) is 1. The number of hydrogen-bond donors (Lipinski definition) is 3. The van der Waals surface area contributed by atoms with Crippen LogP contribution in [-0.4, -0.2) is 71.7 Å². The van der Waals surface area contributed by atoms with E-state index in [0.717, 1.165) is 6.07 Å². The molecule has 7 fully saturated rings. The molecule has 1 aromatic carbocycles. The number of ether oxygens (including phenoxy) is 2. The number of fused-ring (bicyclic) bond motifs is 2. The molecule has 254 valence electrons. The Bertz CT molecular complexity index is 1700. The topological polar surface area (TPSA) is 199 Å². The SMILES string of the molecule is C=C1C(=O)[C@]23[C@H](OC(=O)C4CCC(NS(=O)(=O)c5ccccc5[N+](=O)[O-])CC4)[C@H]1CC[C@H]2[C@@]12CO[C@@]3(O)[C@@H](O)[C@@H]1C(C)(C)CCC2=O. The van der Waals surface area contributed by atoms with Crippen molar-refractivity contribution in [2.75, 3.05) is 6.61 Å². The Morgan fingerprint density at radius 2 is 1.81 bits per heavy atom. The van der Waals surface area contributed by atoms with E-state index in [1.807, 2.05) is 13.8 Å². The molecule has 2 saturated heterocycles. The molecule has 0 radical (unpaired) electrons. The van der Waals surface area contributed by atoms with E-state index in [1.54, 1.807) is 0 Å². The fourth-order valence-electron chi connectivity index (χ4n) is 10.6. The first-order chi connectivity index (χ1) is 22.0. The lowest BCUT2D eigenvalue weighted by Crippen LogP contribution is -2.85. The molecule has 14 heteroatoms. The molecule has 2 heterocycles. The van der Waals surface area contributed by atoms with Crippen LogP contribution in [-0.2, 0) is 33.9 Å². The van der Waals surface area contributed by atoms with Crippen molar-refractivity contribution in [1.29, 1.82) is 0 Å². The van der Waals surface area contributed by atoms with E-state index in [0.29, 0.717) is 19.3 Å². The second kappa shape index (κ2) is 10.5. The highest BCUT2D eigenvalue weighted by Crippen LogP contribution is 2.76. The van der Waals surface area contributed by atoms with Gasteiger partial charge in [-0.15, -0.1) is 0 Å². The first-order valence-corrected chi connectivity index (χ1v) is 17.8. The third-order valence-electron chi connectivity index (χ3n) is 12.6. The largest absolute Gasteiger partial charge is 0.460 e. The van der Waals surface area contributed by atoms with Crippen LogP contribution in [0.25, 0.3) is 0 Å². The molecule has 47 heavy (non-hydrogen) atoms. The van der Waals surface area contributed by atoms with E-state index < -0.39 is 101 Å². The number of nitro groups is 1. The summed E-state index contributed by atoms with van der Waals surface area (Å²) in [5.41, 5.74) is -4.00. The van der Waals surface area contributed by atoms with Crippen molar-refractivity contribution in [3.05, 3.63) is 46.5 Å². The van der Waals surface area contributed by atoms with Crippen LogP contribution in [0.5, 0.6) is 0 Å². The van der Waals surface area contributed by atoms with Gasteiger partial charge >= 0.3 is 5.97 Å². The van der Waals surface area contributed by atoms with Crippen molar-refractivity contribution in [3.8, 4) is 0 Å². The molecule has 5 saturated carbocycles. The second-order valence-electron chi connectivity index (χ2n) is 15.1. The Morgan fingerprint density at radius 3 is 2.49 bits per heavy atom. The van der Waals surface area contributed by atoms with Gasteiger partial charge in [-0.1, -0.05) is 32.6 Å². The second-order valence-corrected chi connectivity index (χ2v) is 16.8. The minimum Gasteiger partial charge on any atom is -0.460 e. The maximum absolute atomic E-state index is 14.3. The highest BCUT2D eigenvalue weighted by Gasteiger charge is 2.88. The summed E-state index contributed by atoms with van der Waals surface area (Å²) < 4.78 is 40.8. The molecule has 13 nitrogen and oxygen atoms in total. The minimum atomic E-state index is -4.22. The van der Waals surface area contributed by atoms with E-state index in [4.69, 9.17) is 9.47 Å². The van der Waals surface area contributed by atoms with Gasteiger partial charge in [-0.05, 0) is 67.9 Å². The number of nitrogens with one attached hydrogen (secondary N) is 1. The number of sulfonamides is 1. The quantitative estimate of drug-likeness (QED) is 0.174. The predicted molar refractivity (Wildman–Crippen MR) is 163 cm³/mol. The zero-order valence-corrected chi connectivity index (χ0v) is 27.2. The molecule has 8 rings (SSSR count). The molecule has 0 aromatic heterocycles. The summed E-state index contributed by atoms with van der Waals surface area (Å²) in [6.45, 7) is 7.82. The van der Waals surface area contributed by atoms with Gasteiger partial charge in [0, 0.05) is 30.4 Å². The normalized spacial score (nSPS) is 42.0. The molecule has 8 atom stereocenters. The highest BCUT2D eigenvalue weighted by molar-refractivity contribution is 7.89. The van der Waals surface area contributed by atoms with Gasteiger partial charge in [-0.2, -0.15) is 0 Å². The monoisotopic (exact) mass is 672 g/mol. The first-order valence-electron chi connectivity index (χ1n) is 16.3. The van der Waals surface area contributed by atoms with Crippen molar-refractivity contribution < 1.29 is 47.4 Å². The summed E-state index contributed by atoms with van der Waals surface area (Å²) in [6.07, 6.45) is -0.174. The minimum absolute atomic E-state index is 0.109. The molecule has 2 aliphatic heterocycles. The molecule has 5 aliphatic carbocycles. The van der Waals surface area contributed by atoms with Crippen LogP contribution in [0.2, 0.25) is 0 Å². The van der Waals surface area contributed by atoms with Crippen molar-refractivity contribution >= 4 is 33.2 Å². The van der Waals surface area contributed by atoms with Crippen molar-refractivity contribution in [3.63, 3.8) is 0 Å². The summed E-state index contributed by atoms with van der Waals surface area (Å²) in [7, 11) is -4.22. The van der Waals surface area contributed by atoms with Gasteiger partial charge in [0.1, 0.15) is 23.4 Å². The number of aliphatic hydroxyl groups excluding tert-OH is 1. The number of hydrogen-bond acceptors (Lipinski definition) is 11. The van der Waals surface area contributed by atoms with Crippen molar-refractivity contribution in [1.82, 2.24) is 4.72 Å². The number of nitro benzene ring substituents is 1. The number of esters is 1. The average Bonchev–Trinajstić information content (AvgIpc) is 3.14. The lowest BCUT2D eigenvalue weighted by Gasteiger charge is -2.73. The van der Waals surface area contributed by atoms with E-state index in [2.05, 4.69) is 11.3 Å². The Kier molecular flexibility index (Phi) is 7.25. The van der Waals surface area contributed by atoms with Crippen LogP contribution < -0.4 is 4.72 Å². The Hall–Kier alpha value is -3.04. The zero-order valence-electron chi connectivity index (χ0n) is 26.3. The molecule has 2 spiro atoms. The molecule has 4 bridgehead atoms. The molecule has 0 amide bonds. The maximum atomic E-state index is 14.3. The summed E-state index contributed by atoms with van der Waals surface area (Å²) in [5.74, 6) is -6.30. The van der Waals surface area contributed by atoms with E-state index in [-0.39, 0.29) is 50.1 Å².